The fourth-order valence-electron chi connectivity index (χ4n) is 1.82. The van der Waals surface area contributed by atoms with Gasteiger partial charge in [0.2, 0.25) is 5.89 Å². The van der Waals surface area contributed by atoms with Gasteiger partial charge in [0, 0.05) is 0 Å². The highest BCUT2D eigenvalue weighted by Crippen LogP contribution is 2.28. The molecule has 0 saturated carbocycles. The lowest BCUT2D eigenvalue weighted by Gasteiger charge is -2.23. The van der Waals surface area contributed by atoms with Crippen LogP contribution in [-0.2, 0) is 6.42 Å². The van der Waals surface area contributed by atoms with Crippen LogP contribution in [0, 0.1) is 12.3 Å². The monoisotopic (exact) mass is 259 g/mol. The predicted octanol–water partition coefficient (Wildman–Crippen LogP) is 3.01. The minimum Gasteiger partial charge on any atom is -0.339 e. The van der Waals surface area contributed by atoms with Crippen LogP contribution in [0.25, 0.3) is 0 Å². The van der Waals surface area contributed by atoms with Crippen molar-refractivity contribution in [3.05, 3.63) is 47.1 Å². The van der Waals surface area contributed by atoms with Crippen molar-refractivity contribution in [3.63, 3.8) is 0 Å². The number of nitrogens with two attached hydrogens (primary N) is 1. The molecule has 0 saturated heterocycles. The van der Waals surface area contributed by atoms with Crippen molar-refractivity contribution in [1.82, 2.24) is 10.1 Å². The first-order valence-corrected chi connectivity index (χ1v) is 6.50. The SMILES string of the molecule is Cc1ccccc1Cc1nc(C(N)C(C)(C)C)no1. The Morgan fingerprint density at radius 2 is 1.95 bits per heavy atom. The molecular weight excluding hydrogens is 238 g/mol. The molecule has 1 unspecified atom stereocenters. The molecule has 19 heavy (non-hydrogen) atoms. The molecule has 2 aromatic rings. The molecule has 0 fully saturated rings. The summed E-state index contributed by atoms with van der Waals surface area (Å²) < 4.78 is 5.30. The molecule has 1 atom stereocenters. The predicted molar refractivity (Wildman–Crippen MR) is 74.7 cm³/mol. The molecule has 0 bridgehead atoms. The van der Waals surface area contributed by atoms with Crippen LogP contribution in [-0.4, -0.2) is 10.1 Å². The van der Waals surface area contributed by atoms with Gasteiger partial charge in [-0.15, -0.1) is 0 Å². The molecule has 2 rings (SSSR count). The van der Waals surface area contributed by atoms with E-state index in [1.807, 2.05) is 12.1 Å². The third kappa shape index (κ3) is 3.20. The quantitative estimate of drug-likeness (QED) is 0.920. The van der Waals surface area contributed by atoms with E-state index in [0.717, 1.165) is 0 Å². The van der Waals surface area contributed by atoms with Gasteiger partial charge in [-0.25, -0.2) is 0 Å². The Hall–Kier alpha value is -1.68. The van der Waals surface area contributed by atoms with Crippen LogP contribution >= 0.6 is 0 Å². The summed E-state index contributed by atoms with van der Waals surface area (Å²) in [5.41, 5.74) is 8.46. The molecular formula is C15H21N3O. The fraction of sp³-hybridized carbons (Fsp3) is 0.467. The zero-order chi connectivity index (χ0) is 14.0. The first kappa shape index (κ1) is 13.7. The van der Waals surface area contributed by atoms with Gasteiger partial charge >= 0.3 is 0 Å². The molecule has 102 valence electrons. The van der Waals surface area contributed by atoms with E-state index in [-0.39, 0.29) is 11.5 Å². The number of aromatic nitrogens is 2. The highest BCUT2D eigenvalue weighted by atomic mass is 16.5. The molecule has 0 aliphatic heterocycles. The second-order valence-corrected chi connectivity index (χ2v) is 5.99. The lowest BCUT2D eigenvalue weighted by atomic mass is 9.87. The van der Waals surface area contributed by atoms with E-state index in [2.05, 4.69) is 50.0 Å². The number of aryl methyl sites for hydroxylation is 1. The molecule has 4 heteroatoms. The number of nitrogens with zero attached hydrogens (tertiary/aromatic N) is 2. The highest BCUT2D eigenvalue weighted by molar-refractivity contribution is 5.27. The molecule has 0 spiro atoms. The zero-order valence-electron chi connectivity index (χ0n) is 12.0. The van der Waals surface area contributed by atoms with Gasteiger partial charge in [-0.1, -0.05) is 50.2 Å². The van der Waals surface area contributed by atoms with Crippen LogP contribution in [0.15, 0.2) is 28.8 Å². The first-order valence-electron chi connectivity index (χ1n) is 6.50. The van der Waals surface area contributed by atoms with Crippen molar-refractivity contribution in [2.24, 2.45) is 11.1 Å². The summed E-state index contributed by atoms with van der Waals surface area (Å²) in [6.45, 7) is 8.27. The summed E-state index contributed by atoms with van der Waals surface area (Å²) in [6.07, 6.45) is 0.649. The number of rotatable bonds is 3. The Kier molecular flexibility index (Phi) is 3.71. The topological polar surface area (TPSA) is 64.9 Å². The number of hydrogen-bond acceptors (Lipinski definition) is 4. The van der Waals surface area contributed by atoms with Crippen LogP contribution < -0.4 is 5.73 Å². The van der Waals surface area contributed by atoms with Crippen molar-refractivity contribution in [1.29, 1.82) is 0 Å². The smallest absolute Gasteiger partial charge is 0.231 e. The molecule has 4 nitrogen and oxygen atoms in total. The summed E-state index contributed by atoms with van der Waals surface area (Å²) in [5.74, 6) is 1.19. The normalized spacial score (nSPS) is 13.5. The maximum absolute atomic E-state index is 6.12. The largest absolute Gasteiger partial charge is 0.339 e. The van der Waals surface area contributed by atoms with Crippen molar-refractivity contribution in [3.8, 4) is 0 Å². The van der Waals surface area contributed by atoms with Crippen LogP contribution in [0.2, 0.25) is 0 Å². The van der Waals surface area contributed by atoms with E-state index in [9.17, 15) is 0 Å². The summed E-state index contributed by atoms with van der Waals surface area (Å²) in [7, 11) is 0. The van der Waals surface area contributed by atoms with E-state index in [0.29, 0.717) is 18.1 Å². The third-order valence-electron chi connectivity index (χ3n) is 3.30. The average molecular weight is 259 g/mol. The molecule has 0 radical (unpaired) electrons. The Labute approximate surface area is 114 Å². The number of hydrogen-bond donors (Lipinski definition) is 1. The highest BCUT2D eigenvalue weighted by Gasteiger charge is 2.26. The summed E-state index contributed by atoms with van der Waals surface area (Å²) >= 11 is 0. The van der Waals surface area contributed by atoms with Crippen LogP contribution in [0.1, 0.15) is 49.7 Å². The molecule has 0 aliphatic carbocycles. The summed E-state index contributed by atoms with van der Waals surface area (Å²) in [5, 5.41) is 4.00. The van der Waals surface area contributed by atoms with Gasteiger partial charge in [-0.3, -0.25) is 0 Å². The van der Waals surface area contributed by atoms with Crippen molar-refractivity contribution in [2.45, 2.75) is 40.2 Å². The molecule has 0 amide bonds. The minimum absolute atomic E-state index is 0.0796. The summed E-state index contributed by atoms with van der Waals surface area (Å²) in [4.78, 5) is 4.41. The Bertz CT molecular complexity index is 555. The second kappa shape index (κ2) is 5.13. The molecule has 1 aromatic carbocycles. The molecule has 2 N–H and O–H groups in total. The fourth-order valence-corrected chi connectivity index (χ4v) is 1.82. The lowest BCUT2D eigenvalue weighted by Crippen LogP contribution is -2.27. The van der Waals surface area contributed by atoms with Gasteiger partial charge in [-0.05, 0) is 23.5 Å². The summed E-state index contributed by atoms with van der Waals surface area (Å²) in [6, 6.07) is 7.96. The number of benzene rings is 1. The van der Waals surface area contributed by atoms with Gasteiger partial charge in [0.1, 0.15) is 0 Å². The van der Waals surface area contributed by atoms with E-state index in [1.54, 1.807) is 0 Å². The van der Waals surface area contributed by atoms with Crippen LogP contribution in [0.3, 0.4) is 0 Å². The van der Waals surface area contributed by atoms with E-state index < -0.39 is 0 Å². The van der Waals surface area contributed by atoms with Crippen molar-refractivity contribution >= 4 is 0 Å². The van der Waals surface area contributed by atoms with Crippen LogP contribution in [0.5, 0.6) is 0 Å². The van der Waals surface area contributed by atoms with Gasteiger partial charge in [0.25, 0.3) is 0 Å². The van der Waals surface area contributed by atoms with E-state index in [1.165, 1.54) is 11.1 Å². The standard InChI is InChI=1S/C15H21N3O/c1-10-7-5-6-8-11(10)9-12-17-14(18-19-12)13(16)15(2,3)4/h5-8,13H,9,16H2,1-4H3. The Morgan fingerprint density at radius 3 is 2.58 bits per heavy atom. The van der Waals surface area contributed by atoms with Crippen LogP contribution in [0.4, 0.5) is 0 Å². The van der Waals surface area contributed by atoms with Crippen molar-refractivity contribution in [2.75, 3.05) is 0 Å². The third-order valence-corrected chi connectivity index (χ3v) is 3.30. The van der Waals surface area contributed by atoms with E-state index in [4.69, 9.17) is 10.3 Å². The maximum Gasteiger partial charge on any atom is 0.231 e. The van der Waals surface area contributed by atoms with E-state index >= 15 is 0 Å². The minimum atomic E-state index is -0.220. The Morgan fingerprint density at radius 1 is 1.26 bits per heavy atom. The molecule has 0 aliphatic rings. The van der Waals surface area contributed by atoms with Crippen molar-refractivity contribution < 1.29 is 4.52 Å². The van der Waals surface area contributed by atoms with Gasteiger partial charge in [0.05, 0.1) is 12.5 Å². The van der Waals surface area contributed by atoms with Gasteiger partial charge < -0.3 is 10.3 Å². The first-order chi connectivity index (χ1) is 8.88. The zero-order valence-corrected chi connectivity index (χ0v) is 12.0. The van der Waals surface area contributed by atoms with Gasteiger partial charge in [-0.2, -0.15) is 4.98 Å². The maximum atomic E-state index is 6.12. The Balaban J connectivity index is 2.16. The van der Waals surface area contributed by atoms with Gasteiger partial charge in [0.15, 0.2) is 5.82 Å². The second-order valence-electron chi connectivity index (χ2n) is 5.99. The average Bonchev–Trinajstić information content (AvgIpc) is 2.78. The molecule has 1 heterocycles. The molecule has 1 aromatic heterocycles. The lowest BCUT2D eigenvalue weighted by molar-refractivity contribution is 0.301.